The third kappa shape index (κ3) is 1.66. The number of amides is 2. The first-order valence-electron chi connectivity index (χ1n) is 4.74. The summed E-state index contributed by atoms with van der Waals surface area (Å²) < 4.78 is 0. The van der Waals surface area contributed by atoms with Crippen molar-refractivity contribution >= 4 is 11.8 Å². The number of hydrogen-bond acceptors (Lipinski definition) is 2. The molecule has 1 aliphatic carbocycles. The molecule has 2 rings (SSSR count). The highest BCUT2D eigenvalue weighted by Gasteiger charge is 2.35. The Balaban J connectivity index is 1.91. The zero-order valence-corrected chi connectivity index (χ0v) is 7.75. The molecule has 0 aromatic rings. The molecule has 1 N–H and O–H groups in total. The highest BCUT2D eigenvalue weighted by molar-refractivity contribution is 5.90. The lowest BCUT2D eigenvalue weighted by atomic mass is 10.2. The molecular formula is C9H14N2O2. The largest absolute Gasteiger partial charge is 0.352 e. The van der Waals surface area contributed by atoms with Gasteiger partial charge in [0.25, 0.3) is 0 Å². The summed E-state index contributed by atoms with van der Waals surface area (Å²) in [5, 5.41) is 2.91. The number of nitrogens with zero attached hydrogens (tertiary/aromatic N) is 1. The minimum atomic E-state index is -0.215. The number of carbonyl (C=O) groups is 2. The summed E-state index contributed by atoms with van der Waals surface area (Å²) >= 11 is 0. The van der Waals surface area contributed by atoms with Gasteiger partial charge in [-0.3, -0.25) is 9.59 Å². The summed E-state index contributed by atoms with van der Waals surface area (Å²) in [6, 6.07) is 0.171. The first-order chi connectivity index (χ1) is 6.18. The summed E-state index contributed by atoms with van der Waals surface area (Å²) in [6.07, 6.45) is 3.37. The Hall–Kier alpha value is -1.06. The standard InChI is InChI=1S/C9H14N2O2/c1-11-7(4-5-8(11)12)9(13)10-6-2-3-6/h6-7H,2-5H2,1H3,(H,10,13)/t7-/m0/s1. The molecule has 1 saturated heterocycles. The molecule has 1 saturated carbocycles. The average Bonchev–Trinajstić information content (AvgIpc) is 2.82. The van der Waals surface area contributed by atoms with E-state index in [0.29, 0.717) is 18.9 Å². The highest BCUT2D eigenvalue weighted by atomic mass is 16.2. The van der Waals surface area contributed by atoms with E-state index < -0.39 is 0 Å². The molecule has 1 aliphatic heterocycles. The van der Waals surface area contributed by atoms with E-state index in [2.05, 4.69) is 5.32 Å². The van der Waals surface area contributed by atoms with Gasteiger partial charge in [-0.05, 0) is 19.3 Å². The van der Waals surface area contributed by atoms with Crippen LogP contribution in [0.25, 0.3) is 0 Å². The van der Waals surface area contributed by atoms with Gasteiger partial charge in [0.2, 0.25) is 11.8 Å². The maximum Gasteiger partial charge on any atom is 0.243 e. The van der Waals surface area contributed by atoms with Crippen LogP contribution < -0.4 is 5.32 Å². The first-order valence-corrected chi connectivity index (χ1v) is 4.74. The fraction of sp³-hybridized carbons (Fsp3) is 0.778. The van der Waals surface area contributed by atoms with E-state index in [9.17, 15) is 9.59 Å². The Morgan fingerprint density at radius 3 is 2.62 bits per heavy atom. The second kappa shape index (κ2) is 3.01. The Morgan fingerprint density at radius 2 is 2.15 bits per heavy atom. The molecule has 2 amide bonds. The van der Waals surface area contributed by atoms with Crippen LogP contribution in [0.4, 0.5) is 0 Å². The van der Waals surface area contributed by atoms with E-state index in [-0.39, 0.29) is 17.9 Å². The van der Waals surface area contributed by atoms with Crippen LogP contribution in [0.5, 0.6) is 0 Å². The van der Waals surface area contributed by atoms with Gasteiger partial charge in [0.15, 0.2) is 0 Å². The maximum absolute atomic E-state index is 11.5. The van der Waals surface area contributed by atoms with Crippen LogP contribution >= 0.6 is 0 Å². The summed E-state index contributed by atoms with van der Waals surface area (Å²) in [4.78, 5) is 24.2. The molecule has 1 heterocycles. The van der Waals surface area contributed by atoms with Crippen molar-refractivity contribution in [2.24, 2.45) is 0 Å². The summed E-state index contributed by atoms with van der Waals surface area (Å²) in [6.45, 7) is 0. The quantitative estimate of drug-likeness (QED) is 0.647. The van der Waals surface area contributed by atoms with Crippen molar-refractivity contribution in [2.45, 2.75) is 37.8 Å². The fourth-order valence-electron chi connectivity index (χ4n) is 1.64. The van der Waals surface area contributed by atoms with E-state index in [0.717, 1.165) is 12.8 Å². The van der Waals surface area contributed by atoms with Gasteiger partial charge in [-0.1, -0.05) is 0 Å². The van der Waals surface area contributed by atoms with Crippen molar-refractivity contribution in [3.8, 4) is 0 Å². The molecule has 0 radical (unpaired) electrons. The Morgan fingerprint density at radius 1 is 1.46 bits per heavy atom. The minimum Gasteiger partial charge on any atom is -0.352 e. The van der Waals surface area contributed by atoms with Gasteiger partial charge in [0.05, 0.1) is 0 Å². The number of nitrogens with one attached hydrogen (secondary N) is 1. The highest BCUT2D eigenvalue weighted by Crippen LogP contribution is 2.21. The van der Waals surface area contributed by atoms with Crippen LogP contribution in [-0.4, -0.2) is 35.8 Å². The molecule has 1 atom stereocenters. The van der Waals surface area contributed by atoms with Crippen molar-refractivity contribution in [2.75, 3.05) is 7.05 Å². The second-order valence-electron chi connectivity index (χ2n) is 3.84. The second-order valence-corrected chi connectivity index (χ2v) is 3.84. The maximum atomic E-state index is 11.5. The molecule has 0 bridgehead atoms. The van der Waals surface area contributed by atoms with E-state index in [1.54, 1.807) is 11.9 Å². The molecule has 2 fully saturated rings. The molecule has 0 spiro atoms. The number of hydrogen-bond donors (Lipinski definition) is 1. The monoisotopic (exact) mass is 182 g/mol. The van der Waals surface area contributed by atoms with E-state index >= 15 is 0 Å². The topological polar surface area (TPSA) is 49.4 Å². The third-order valence-electron chi connectivity index (χ3n) is 2.72. The molecule has 72 valence electrons. The predicted octanol–water partition coefficient (Wildman–Crippen LogP) is -0.114. The Bertz CT molecular complexity index is 248. The molecule has 4 heteroatoms. The smallest absolute Gasteiger partial charge is 0.243 e. The van der Waals surface area contributed by atoms with E-state index in [1.807, 2.05) is 0 Å². The van der Waals surface area contributed by atoms with Gasteiger partial charge in [-0.2, -0.15) is 0 Å². The Kier molecular flexibility index (Phi) is 1.98. The van der Waals surface area contributed by atoms with Crippen LogP contribution in [0.1, 0.15) is 25.7 Å². The Labute approximate surface area is 77.3 Å². The number of rotatable bonds is 2. The zero-order chi connectivity index (χ0) is 9.42. The van der Waals surface area contributed by atoms with Gasteiger partial charge < -0.3 is 10.2 Å². The van der Waals surface area contributed by atoms with Crippen molar-refractivity contribution in [1.29, 1.82) is 0 Å². The van der Waals surface area contributed by atoms with Crippen molar-refractivity contribution in [3.63, 3.8) is 0 Å². The first kappa shape index (κ1) is 8.53. The average molecular weight is 182 g/mol. The minimum absolute atomic E-state index is 0.0239. The van der Waals surface area contributed by atoms with Gasteiger partial charge in [-0.15, -0.1) is 0 Å². The zero-order valence-electron chi connectivity index (χ0n) is 7.75. The number of carbonyl (C=O) groups excluding carboxylic acids is 2. The van der Waals surface area contributed by atoms with Crippen molar-refractivity contribution in [3.05, 3.63) is 0 Å². The molecule has 0 aromatic carbocycles. The van der Waals surface area contributed by atoms with Crippen molar-refractivity contribution < 1.29 is 9.59 Å². The molecule has 13 heavy (non-hydrogen) atoms. The van der Waals surface area contributed by atoms with Gasteiger partial charge in [0, 0.05) is 19.5 Å². The number of likely N-dealkylation sites (tertiary alicyclic amines) is 1. The molecule has 0 aromatic heterocycles. The molecule has 4 nitrogen and oxygen atoms in total. The summed E-state index contributed by atoms with van der Waals surface area (Å²) in [5.74, 6) is 0.104. The van der Waals surface area contributed by atoms with E-state index in [4.69, 9.17) is 0 Å². The van der Waals surface area contributed by atoms with Crippen LogP contribution in [0.3, 0.4) is 0 Å². The van der Waals surface area contributed by atoms with Crippen LogP contribution in [0.2, 0.25) is 0 Å². The predicted molar refractivity (Wildman–Crippen MR) is 47.0 cm³/mol. The summed E-state index contributed by atoms with van der Waals surface area (Å²) in [5.41, 5.74) is 0. The lowest BCUT2D eigenvalue weighted by molar-refractivity contribution is -0.133. The number of likely N-dealkylation sites (N-methyl/N-ethyl adjacent to an activating group) is 1. The lowest BCUT2D eigenvalue weighted by Crippen LogP contribution is -2.43. The molecule has 2 aliphatic rings. The van der Waals surface area contributed by atoms with Crippen LogP contribution in [-0.2, 0) is 9.59 Å². The van der Waals surface area contributed by atoms with E-state index in [1.165, 1.54) is 0 Å². The normalized spacial score (nSPS) is 27.9. The molecular weight excluding hydrogens is 168 g/mol. The van der Waals surface area contributed by atoms with Gasteiger partial charge in [-0.25, -0.2) is 0 Å². The third-order valence-corrected chi connectivity index (χ3v) is 2.72. The SMILES string of the molecule is CN1C(=O)CC[C@H]1C(=O)NC1CC1. The summed E-state index contributed by atoms with van der Waals surface area (Å²) in [7, 11) is 1.70. The van der Waals surface area contributed by atoms with Crippen LogP contribution in [0.15, 0.2) is 0 Å². The fourth-order valence-corrected chi connectivity index (χ4v) is 1.64. The van der Waals surface area contributed by atoms with Crippen LogP contribution in [0, 0.1) is 0 Å². The van der Waals surface area contributed by atoms with Gasteiger partial charge >= 0.3 is 0 Å². The molecule has 0 unspecified atom stereocenters. The lowest BCUT2D eigenvalue weighted by Gasteiger charge is -2.18. The van der Waals surface area contributed by atoms with Gasteiger partial charge in [0.1, 0.15) is 6.04 Å². The van der Waals surface area contributed by atoms with Crippen molar-refractivity contribution in [1.82, 2.24) is 10.2 Å².